The molecule has 0 amide bonds. The van der Waals surface area contributed by atoms with Gasteiger partial charge in [-0.05, 0) is 43.0 Å². The third-order valence-corrected chi connectivity index (χ3v) is 8.64. The van der Waals surface area contributed by atoms with Gasteiger partial charge in [0.05, 0.1) is 18.6 Å². The van der Waals surface area contributed by atoms with Gasteiger partial charge in [0.2, 0.25) is 0 Å². The van der Waals surface area contributed by atoms with Crippen molar-refractivity contribution >= 4 is 11.7 Å². The Morgan fingerprint density at radius 1 is 1.32 bits per heavy atom. The zero-order valence-electron chi connectivity index (χ0n) is 14.7. The molecular formula is C21H24N2O2. The standard InChI is InChI=1S/C21H24N2O2/c1-12-19-9-10-22-16-7-8-20(17(16)19)13-5-3-4-6-15(13)23-21(12,20)14(11-19)18(24)25-2/h3-6,9-10,12,14,16-17,22-23H,7-8,11H2,1-2H3/t12-,14-,16-,17+,19+,20-,21-/m0/s1. The number of hydrogen-bond donors (Lipinski definition) is 2. The fourth-order valence-electron chi connectivity index (χ4n) is 8.13. The SMILES string of the molecule is COC(=O)[C@@H]1C[C@]23C=CN[C@H]4CC[C@]5(c6ccccc6N[C@@]15[C@H]2C)[C@H]43. The van der Waals surface area contributed by atoms with E-state index in [4.69, 9.17) is 4.74 Å². The molecule has 0 unspecified atom stereocenters. The van der Waals surface area contributed by atoms with Gasteiger partial charge in [-0.2, -0.15) is 0 Å². The lowest BCUT2D eigenvalue weighted by molar-refractivity contribution is -0.149. The number of carbonyl (C=O) groups excluding carboxylic acids is 1. The number of anilines is 1. The maximum absolute atomic E-state index is 12.9. The Kier molecular flexibility index (Phi) is 2.31. The number of esters is 1. The molecule has 25 heavy (non-hydrogen) atoms. The number of nitrogens with one attached hydrogen (secondary N) is 2. The minimum absolute atomic E-state index is 0.0303. The summed E-state index contributed by atoms with van der Waals surface area (Å²) in [5.74, 6) is 0.828. The van der Waals surface area contributed by atoms with Crippen molar-refractivity contribution in [3.05, 3.63) is 42.1 Å². The van der Waals surface area contributed by atoms with Crippen LogP contribution in [0.15, 0.2) is 36.5 Å². The highest BCUT2D eigenvalue weighted by atomic mass is 16.5. The second-order valence-corrected chi connectivity index (χ2v) is 8.75. The maximum atomic E-state index is 12.9. The van der Waals surface area contributed by atoms with Crippen molar-refractivity contribution < 1.29 is 9.53 Å². The molecular weight excluding hydrogens is 312 g/mol. The van der Waals surface area contributed by atoms with E-state index in [1.54, 1.807) is 0 Å². The molecule has 0 radical (unpaired) electrons. The van der Waals surface area contributed by atoms with Gasteiger partial charge in [-0.1, -0.05) is 31.2 Å². The Morgan fingerprint density at radius 2 is 2.16 bits per heavy atom. The van der Waals surface area contributed by atoms with Crippen molar-refractivity contribution in [3.8, 4) is 0 Å². The summed E-state index contributed by atoms with van der Waals surface area (Å²) in [7, 11) is 1.54. The van der Waals surface area contributed by atoms with Crippen LogP contribution in [0.4, 0.5) is 5.69 Å². The molecule has 3 spiro atoms. The Labute approximate surface area is 148 Å². The predicted octanol–water partition coefficient (Wildman–Crippen LogP) is 2.81. The Balaban J connectivity index is 1.69. The van der Waals surface area contributed by atoms with Gasteiger partial charge in [-0.15, -0.1) is 0 Å². The Morgan fingerprint density at radius 3 is 3.00 bits per heavy atom. The highest BCUT2D eigenvalue weighted by Crippen LogP contribution is 2.81. The van der Waals surface area contributed by atoms with Crippen LogP contribution < -0.4 is 10.6 Å². The molecule has 1 aromatic carbocycles. The molecule has 2 bridgehead atoms. The normalized spacial score (nSPS) is 49.8. The average molecular weight is 336 g/mol. The number of carbonyl (C=O) groups is 1. The van der Waals surface area contributed by atoms with E-state index in [0.29, 0.717) is 17.9 Å². The van der Waals surface area contributed by atoms with Crippen molar-refractivity contribution in [1.82, 2.24) is 5.32 Å². The third kappa shape index (κ3) is 1.17. The summed E-state index contributed by atoms with van der Waals surface area (Å²) < 4.78 is 5.30. The zero-order chi connectivity index (χ0) is 17.0. The predicted molar refractivity (Wildman–Crippen MR) is 95.0 cm³/mol. The molecule has 2 N–H and O–H groups in total. The number of hydrogen-bond acceptors (Lipinski definition) is 4. The second-order valence-electron chi connectivity index (χ2n) is 8.75. The first kappa shape index (κ1) is 14.2. The molecule has 7 atom stereocenters. The molecule has 4 nitrogen and oxygen atoms in total. The minimum atomic E-state index is -0.223. The first-order chi connectivity index (χ1) is 12.1. The molecule has 1 aromatic rings. The zero-order valence-corrected chi connectivity index (χ0v) is 14.7. The molecule has 0 aromatic heterocycles. The Bertz CT molecular complexity index is 835. The van der Waals surface area contributed by atoms with E-state index < -0.39 is 0 Å². The van der Waals surface area contributed by atoms with Gasteiger partial charge in [-0.25, -0.2) is 0 Å². The van der Waals surface area contributed by atoms with Crippen LogP contribution in [0.25, 0.3) is 0 Å². The number of rotatable bonds is 1. The summed E-state index contributed by atoms with van der Waals surface area (Å²) in [5.41, 5.74) is 2.56. The van der Waals surface area contributed by atoms with Crippen LogP contribution in [-0.4, -0.2) is 24.7 Å². The fourth-order valence-corrected chi connectivity index (χ4v) is 8.13. The van der Waals surface area contributed by atoms with E-state index in [9.17, 15) is 4.79 Å². The number of fused-ring (bicyclic) bond motifs is 1. The summed E-state index contributed by atoms with van der Waals surface area (Å²) in [4.78, 5) is 12.9. The lowest BCUT2D eigenvalue weighted by atomic mass is 9.55. The van der Waals surface area contributed by atoms with Gasteiger partial charge in [0, 0.05) is 28.5 Å². The van der Waals surface area contributed by atoms with Gasteiger partial charge in [0.25, 0.3) is 0 Å². The highest BCUT2D eigenvalue weighted by Gasteiger charge is 2.85. The fraction of sp³-hybridized carbons (Fsp3) is 0.571. The first-order valence-corrected chi connectivity index (χ1v) is 9.51. The van der Waals surface area contributed by atoms with Crippen LogP contribution in [0, 0.1) is 23.2 Å². The van der Waals surface area contributed by atoms with Gasteiger partial charge in [0.1, 0.15) is 0 Å². The molecule has 3 fully saturated rings. The minimum Gasteiger partial charge on any atom is -0.469 e. The van der Waals surface area contributed by atoms with Crippen LogP contribution in [0.1, 0.15) is 31.7 Å². The molecule has 6 rings (SSSR count). The third-order valence-electron chi connectivity index (χ3n) is 8.64. The summed E-state index contributed by atoms with van der Waals surface area (Å²) in [5, 5.41) is 7.57. The smallest absolute Gasteiger partial charge is 0.311 e. The number of methoxy groups -OCH3 is 1. The molecule has 3 aliphatic carbocycles. The summed E-state index contributed by atoms with van der Waals surface area (Å²) in [6.45, 7) is 2.37. The molecule has 130 valence electrons. The molecule has 0 saturated heterocycles. The van der Waals surface area contributed by atoms with E-state index in [0.717, 1.165) is 12.8 Å². The van der Waals surface area contributed by atoms with Crippen molar-refractivity contribution in [2.45, 2.75) is 43.2 Å². The van der Waals surface area contributed by atoms with Crippen LogP contribution >= 0.6 is 0 Å². The lowest BCUT2D eigenvalue weighted by Gasteiger charge is -2.50. The van der Waals surface area contributed by atoms with Crippen molar-refractivity contribution in [2.24, 2.45) is 23.2 Å². The number of ether oxygens (including phenoxy) is 1. The van der Waals surface area contributed by atoms with Crippen LogP contribution in [-0.2, 0) is 14.9 Å². The molecule has 3 saturated carbocycles. The number of para-hydroxylation sites is 1. The van der Waals surface area contributed by atoms with Crippen molar-refractivity contribution in [2.75, 3.05) is 12.4 Å². The number of benzene rings is 1. The van der Waals surface area contributed by atoms with Crippen molar-refractivity contribution in [1.29, 1.82) is 0 Å². The monoisotopic (exact) mass is 336 g/mol. The second kappa shape index (κ2) is 4.05. The van der Waals surface area contributed by atoms with Gasteiger partial charge in [0.15, 0.2) is 0 Å². The van der Waals surface area contributed by atoms with E-state index in [2.05, 4.69) is 54.1 Å². The maximum Gasteiger partial charge on any atom is 0.311 e. The average Bonchev–Trinajstić information content (AvgIpc) is 3.29. The topological polar surface area (TPSA) is 50.4 Å². The summed E-state index contributed by atoms with van der Waals surface area (Å²) in [6, 6.07) is 9.27. The number of allylic oxidation sites excluding steroid dienone is 1. The van der Waals surface area contributed by atoms with Crippen LogP contribution in [0.3, 0.4) is 0 Å². The van der Waals surface area contributed by atoms with Crippen molar-refractivity contribution in [3.63, 3.8) is 0 Å². The quantitative estimate of drug-likeness (QED) is 0.775. The molecule has 2 heterocycles. The largest absolute Gasteiger partial charge is 0.469 e. The lowest BCUT2D eigenvalue weighted by Crippen LogP contribution is -2.61. The van der Waals surface area contributed by atoms with E-state index >= 15 is 0 Å². The van der Waals surface area contributed by atoms with Gasteiger partial charge in [-0.3, -0.25) is 4.79 Å². The van der Waals surface area contributed by atoms with E-state index in [-0.39, 0.29) is 28.3 Å². The van der Waals surface area contributed by atoms with E-state index in [1.807, 2.05) is 0 Å². The summed E-state index contributed by atoms with van der Waals surface area (Å²) >= 11 is 0. The van der Waals surface area contributed by atoms with Gasteiger partial charge < -0.3 is 15.4 Å². The first-order valence-electron chi connectivity index (χ1n) is 9.51. The molecule has 4 heteroatoms. The van der Waals surface area contributed by atoms with Crippen LogP contribution in [0.5, 0.6) is 0 Å². The van der Waals surface area contributed by atoms with Gasteiger partial charge >= 0.3 is 5.97 Å². The molecule has 5 aliphatic rings. The summed E-state index contributed by atoms with van der Waals surface area (Å²) in [6.07, 6.45) is 7.77. The van der Waals surface area contributed by atoms with Crippen LogP contribution in [0.2, 0.25) is 0 Å². The highest BCUT2D eigenvalue weighted by molar-refractivity contribution is 5.82. The van der Waals surface area contributed by atoms with E-state index in [1.165, 1.54) is 24.8 Å². The molecule has 2 aliphatic heterocycles. The Hall–Kier alpha value is -1.97.